The van der Waals surface area contributed by atoms with Crippen LogP contribution in [0.5, 0.6) is 0 Å². The van der Waals surface area contributed by atoms with Gasteiger partial charge in [-0.2, -0.15) is 0 Å². The number of hydrogen-bond acceptors (Lipinski definition) is 3. The van der Waals surface area contributed by atoms with E-state index in [-0.39, 0.29) is 0 Å². The van der Waals surface area contributed by atoms with Gasteiger partial charge in [-0.25, -0.2) is 4.98 Å². The van der Waals surface area contributed by atoms with Gasteiger partial charge in [0.05, 0.1) is 5.69 Å². The summed E-state index contributed by atoms with van der Waals surface area (Å²) >= 11 is 5.93. The third-order valence-corrected chi connectivity index (χ3v) is 2.33. The van der Waals surface area contributed by atoms with E-state index in [0.717, 1.165) is 10.8 Å². The van der Waals surface area contributed by atoms with Gasteiger partial charge in [0, 0.05) is 49.2 Å². The molecular weight excluding hydrogens is 386 g/mol. The lowest BCUT2D eigenvalue weighted by atomic mass is 10.4. The van der Waals surface area contributed by atoms with Crippen LogP contribution in [-0.4, -0.2) is 12.0 Å². The molecule has 0 aliphatic carbocycles. The number of nitrogens with zero attached hydrogens (tertiary/aromatic N) is 1. The van der Waals surface area contributed by atoms with Crippen molar-refractivity contribution in [3.63, 3.8) is 0 Å². The van der Waals surface area contributed by atoms with Crippen LogP contribution in [0.3, 0.4) is 0 Å². The molecule has 1 heterocycles. The van der Waals surface area contributed by atoms with E-state index in [9.17, 15) is 0 Å². The molecule has 1 aromatic heterocycles. The van der Waals surface area contributed by atoms with Crippen molar-refractivity contribution < 1.29 is 0 Å². The number of aromatic nitrogens is 1. The number of hydrogen-bond donors (Lipinski definition) is 1. The molecule has 0 radical (unpaired) electrons. The molecule has 11 heavy (non-hydrogen) atoms. The zero-order valence-electron chi connectivity index (χ0n) is 6.61. The highest BCUT2D eigenvalue weighted by Gasteiger charge is 1.98. The topological polar surface area (TPSA) is 24.9 Å². The zero-order chi connectivity index (χ0) is 8.85. The monoisotopic (exact) mass is 396 g/mol. The van der Waals surface area contributed by atoms with Crippen LogP contribution in [0.1, 0.15) is 10.6 Å². The Kier molecular flexibility index (Phi) is 6.93. The Hall–Kier alpha value is 0.890. The van der Waals surface area contributed by atoms with Gasteiger partial charge in [-0.15, -0.1) is 11.3 Å². The van der Waals surface area contributed by atoms with Crippen molar-refractivity contribution in [2.24, 2.45) is 0 Å². The van der Waals surface area contributed by atoms with Crippen LogP contribution >= 0.6 is 48.6 Å². The van der Waals surface area contributed by atoms with Gasteiger partial charge in [0.2, 0.25) is 0 Å². The molecule has 0 aliphatic heterocycles. The molecule has 0 fully saturated rings. The minimum atomic E-state index is 1.00. The first-order valence-corrected chi connectivity index (χ1v) is 10.1. The summed E-state index contributed by atoms with van der Waals surface area (Å²) in [5.41, 5.74) is 1.13. The minimum Gasteiger partial charge on any atom is -0.365 e. The van der Waals surface area contributed by atoms with Crippen molar-refractivity contribution in [3.8, 4) is 0 Å². The number of nitrogens with one attached hydrogen (secondary N) is 1. The Bertz CT molecular complexity index is 193. The van der Waals surface area contributed by atoms with E-state index in [4.69, 9.17) is 0 Å². The molecule has 0 bridgehead atoms. The average Bonchev–Trinajstić information content (AvgIpc) is 2.36. The quantitative estimate of drug-likeness (QED) is 0.735. The molecule has 1 N–H and O–H groups in total. The summed E-state index contributed by atoms with van der Waals surface area (Å²) in [7, 11) is 1.89. The largest absolute Gasteiger partial charge is 0.365 e. The van der Waals surface area contributed by atoms with Crippen molar-refractivity contribution in [1.29, 1.82) is 0 Å². The molecular formula is C6H10I2N2S. The maximum atomic E-state index is 4.24. The molecule has 0 spiro atoms. The molecule has 0 saturated carbocycles. The number of rotatable bonds is 1. The highest BCUT2D eigenvalue weighted by molar-refractivity contribution is 15.0. The Morgan fingerprint density at radius 3 is 2.09 bits per heavy atom. The molecule has 0 atom stereocenters. The summed E-state index contributed by atoms with van der Waals surface area (Å²) in [6, 6.07) is 0. The summed E-state index contributed by atoms with van der Waals surface area (Å²) in [5.74, 6) is 0. The Morgan fingerprint density at radius 1 is 1.36 bits per heavy atom. The van der Waals surface area contributed by atoms with Gasteiger partial charge < -0.3 is 5.32 Å². The van der Waals surface area contributed by atoms with Gasteiger partial charge in [0.25, 0.3) is 0 Å². The lowest BCUT2D eigenvalue weighted by molar-refractivity contribution is 1.22. The normalized spacial score (nSPS) is 8.45. The van der Waals surface area contributed by atoms with Gasteiger partial charge in [0.1, 0.15) is 0 Å². The van der Waals surface area contributed by atoms with Crippen molar-refractivity contribution in [1.82, 2.24) is 4.98 Å². The zero-order valence-corrected chi connectivity index (χ0v) is 11.7. The second-order valence-corrected chi connectivity index (χ2v) is 3.11. The molecule has 0 aromatic carbocycles. The first kappa shape index (κ1) is 11.9. The highest BCUT2D eigenvalue weighted by Crippen LogP contribution is 2.19. The maximum absolute atomic E-state index is 4.24. The van der Waals surface area contributed by atoms with Crippen molar-refractivity contribution in [2.45, 2.75) is 13.8 Å². The molecule has 0 unspecified atom stereocenters. The Labute approximate surface area is 94.5 Å². The molecule has 5 heteroatoms. The first-order valence-electron chi connectivity index (χ1n) is 3.00. The van der Waals surface area contributed by atoms with Gasteiger partial charge in [0.15, 0.2) is 5.13 Å². The number of thiazole rings is 1. The number of aryl methyl sites for hydroxylation is 2. The first-order chi connectivity index (χ1) is 5.24. The fourth-order valence-corrected chi connectivity index (χ4v) is 1.35. The van der Waals surface area contributed by atoms with E-state index >= 15 is 0 Å². The van der Waals surface area contributed by atoms with Gasteiger partial charge in [-0.3, -0.25) is 0 Å². The van der Waals surface area contributed by atoms with E-state index in [1.54, 1.807) is 11.3 Å². The Balaban J connectivity index is 0.000000461. The predicted octanol–water partition coefficient (Wildman–Crippen LogP) is 3.57. The fraction of sp³-hybridized carbons (Fsp3) is 0.500. The van der Waals surface area contributed by atoms with Crippen molar-refractivity contribution in [3.05, 3.63) is 10.6 Å². The van der Waals surface area contributed by atoms with E-state index in [1.165, 1.54) is 4.88 Å². The van der Waals surface area contributed by atoms with Crippen molar-refractivity contribution >= 4 is 53.7 Å². The number of halogens is 2. The smallest absolute Gasteiger partial charge is 0.182 e. The summed E-state index contributed by atoms with van der Waals surface area (Å²) in [6.45, 7) is 4.10. The third kappa shape index (κ3) is 3.88. The van der Waals surface area contributed by atoms with Crippen LogP contribution in [0.4, 0.5) is 5.13 Å². The molecule has 1 rings (SSSR count). The van der Waals surface area contributed by atoms with E-state index in [0.29, 0.717) is 0 Å². The molecule has 0 aliphatic rings. The third-order valence-electron chi connectivity index (χ3n) is 1.24. The summed E-state index contributed by atoms with van der Waals surface area (Å²) in [6.07, 6.45) is 0. The van der Waals surface area contributed by atoms with E-state index in [2.05, 4.69) is 54.5 Å². The summed E-state index contributed by atoms with van der Waals surface area (Å²) in [5, 5.41) is 4.00. The second kappa shape index (κ2) is 6.41. The molecule has 64 valence electrons. The highest BCUT2D eigenvalue weighted by atomic mass is 128. The van der Waals surface area contributed by atoms with Crippen LogP contribution in [-0.2, 0) is 0 Å². The second-order valence-electron chi connectivity index (χ2n) is 1.91. The standard InChI is InChI=1S/C6H10N2S.I2/c1-4-5(2)9-6(7-3)8-4;1-2/h1-3H3,(H,7,8);. The van der Waals surface area contributed by atoms with Gasteiger partial charge in [-0.05, 0) is 13.8 Å². The lowest BCUT2D eigenvalue weighted by Crippen LogP contribution is -1.84. The van der Waals surface area contributed by atoms with Crippen LogP contribution in [0.15, 0.2) is 0 Å². The molecule has 2 nitrogen and oxygen atoms in total. The summed E-state index contributed by atoms with van der Waals surface area (Å²) in [4.78, 5) is 5.53. The van der Waals surface area contributed by atoms with E-state index < -0.39 is 0 Å². The fourth-order valence-electron chi connectivity index (χ4n) is 0.580. The van der Waals surface area contributed by atoms with E-state index in [1.807, 2.05) is 14.0 Å². The minimum absolute atomic E-state index is 1.00. The number of anilines is 1. The Morgan fingerprint density at radius 2 is 1.91 bits per heavy atom. The molecule has 1 aromatic rings. The maximum Gasteiger partial charge on any atom is 0.182 e. The van der Waals surface area contributed by atoms with Crippen LogP contribution < -0.4 is 5.32 Å². The van der Waals surface area contributed by atoms with Crippen molar-refractivity contribution in [2.75, 3.05) is 12.4 Å². The molecule has 0 amide bonds. The predicted molar refractivity (Wildman–Crippen MR) is 69.2 cm³/mol. The summed E-state index contributed by atoms with van der Waals surface area (Å²) < 4.78 is 0. The molecule has 0 saturated heterocycles. The average molecular weight is 396 g/mol. The van der Waals surface area contributed by atoms with Crippen LogP contribution in [0.25, 0.3) is 0 Å². The lowest BCUT2D eigenvalue weighted by Gasteiger charge is -1.85. The van der Waals surface area contributed by atoms with Crippen LogP contribution in [0.2, 0.25) is 0 Å². The van der Waals surface area contributed by atoms with Crippen LogP contribution in [0, 0.1) is 13.8 Å². The van der Waals surface area contributed by atoms with Gasteiger partial charge in [-0.1, -0.05) is 0 Å². The van der Waals surface area contributed by atoms with Gasteiger partial charge >= 0.3 is 0 Å². The SMILES string of the molecule is CNc1nc(C)c(C)s1.II.